The molecule has 0 bridgehead atoms. The maximum atomic E-state index is 11.9. The zero-order valence-electron chi connectivity index (χ0n) is 13.0. The Kier molecular flexibility index (Phi) is 5.06. The molecule has 1 saturated carbocycles. The highest BCUT2D eigenvalue weighted by molar-refractivity contribution is 5.73. The van der Waals surface area contributed by atoms with Gasteiger partial charge in [-0.3, -0.25) is 0 Å². The van der Waals surface area contributed by atoms with Gasteiger partial charge >= 0.3 is 6.03 Å². The molecule has 1 rings (SSSR count). The van der Waals surface area contributed by atoms with Crippen LogP contribution in [0.1, 0.15) is 52.9 Å². The van der Waals surface area contributed by atoms with Crippen LogP contribution in [0.15, 0.2) is 0 Å². The van der Waals surface area contributed by atoms with Crippen molar-refractivity contribution in [1.82, 2.24) is 9.80 Å². The van der Waals surface area contributed by atoms with Crippen LogP contribution in [0.5, 0.6) is 0 Å². The van der Waals surface area contributed by atoms with Gasteiger partial charge < -0.3 is 9.80 Å². The standard InChI is InChI=1S/C15H30N2O/c1-15(2,3)11-12-7-9-13(10-8-12)17(6)14(18)16(4)5/h12-13H,7-11H2,1-6H3/t12-,13-. The maximum absolute atomic E-state index is 11.9. The summed E-state index contributed by atoms with van der Waals surface area (Å²) < 4.78 is 0. The van der Waals surface area contributed by atoms with Crippen molar-refractivity contribution in [3.63, 3.8) is 0 Å². The molecule has 0 spiro atoms. The van der Waals surface area contributed by atoms with Gasteiger partial charge in [0.25, 0.3) is 0 Å². The first-order chi connectivity index (χ1) is 8.20. The highest BCUT2D eigenvalue weighted by atomic mass is 16.2. The highest BCUT2D eigenvalue weighted by Gasteiger charge is 2.29. The van der Waals surface area contributed by atoms with Gasteiger partial charge in [0.1, 0.15) is 0 Å². The molecule has 0 saturated heterocycles. The molecule has 2 amide bonds. The van der Waals surface area contributed by atoms with Crippen molar-refractivity contribution in [3.8, 4) is 0 Å². The van der Waals surface area contributed by atoms with E-state index >= 15 is 0 Å². The average Bonchev–Trinajstić information content (AvgIpc) is 2.26. The first kappa shape index (κ1) is 15.3. The lowest BCUT2D eigenvalue weighted by atomic mass is 9.76. The van der Waals surface area contributed by atoms with E-state index in [1.807, 2.05) is 26.0 Å². The van der Waals surface area contributed by atoms with E-state index < -0.39 is 0 Å². The zero-order chi connectivity index (χ0) is 13.9. The van der Waals surface area contributed by atoms with Crippen molar-refractivity contribution < 1.29 is 4.79 Å². The van der Waals surface area contributed by atoms with Gasteiger partial charge in [0.05, 0.1) is 0 Å². The van der Waals surface area contributed by atoms with Gasteiger partial charge in [0, 0.05) is 27.2 Å². The van der Waals surface area contributed by atoms with Gasteiger partial charge in [-0.15, -0.1) is 0 Å². The van der Waals surface area contributed by atoms with Crippen molar-refractivity contribution in [3.05, 3.63) is 0 Å². The normalized spacial score (nSPS) is 24.8. The summed E-state index contributed by atoms with van der Waals surface area (Å²) in [6, 6.07) is 0.574. The lowest BCUT2D eigenvalue weighted by Gasteiger charge is -2.37. The molecule has 1 aliphatic rings. The van der Waals surface area contributed by atoms with E-state index in [4.69, 9.17) is 0 Å². The zero-order valence-corrected chi connectivity index (χ0v) is 13.0. The molecular formula is C15H30N2O. The molecule has 3 nitrogen and oxygen atoms in total. The third-order valence-electron chi connectivity index (χ3n) is 3.95. The van der Waals surface area contributed by atoms with E-state index in [0.29, 0.717) is 11.5 Å². The Balaban J connectivity index is 2.42. The number of rotatable bonds is 2. The van der Waals surface area contributed by atoms with Crippen molar-refractivity contribution in [2.24, 2.45) is 11.3 Å². The fraction of sp³-hybridized carbons (Fsp3) is 0.933. The van der Waals surface area contributed by atoms with Gasteiger partial charge in [0.2, 0.25) is 0 Å². The summed E-state index contributed by atoms with van der Waals surface area (Å²) in [6.45, 7) is 6.96. The SMILES string of the molecule is CN(C)C(=O)N(C)[C@H]1CC[C@H](CC(C)(C)C)CC1. The van der Waals surface area contributed by atoms with Gasteiger partial charge in [0.15, 0.2) is 0 Å². The van der Waals surface area contributed by atoms with Crippen molar-refractivity contribution in [2.75, 3.05) is 21.1 Å². The number of carbonyl (C=O) groups excluding carboxylic acids is 1. The van der Waals surface area contributed by atoms with Crippen molar-refractivity contribution >= 4 is 6.03 Å². The van der Waals surface area contributed by atoms with Crippen molar-refractivity contribution in [2.45, 2.75) is 58.9 Å². The largest absolute Gasteiger partial charge is 0.331 e. The van der Waals surface area contributed by atoms with Crippen LogP contribution in [0.25, 0.3) is 0 Å². The molecule has 0 aliphatic heterocycles. The van der Waals surface area contributed by atoms with E-state index in [1.54, 1.807) is 4.90 Å². The van der Waals surface area contributed by atoms with Crippen LogP contribution in [-0.2, 0) is 0 Å². The quantitative estimate of drug-likeness (QED) is 0.738. The van der Waals surface area contributed by atoms with E-state index in [2.05, 4.69) is 20.8 Å². The predicted molar refractivity (Wildman–Crippen MR) is 76.7 cm³/mol. The smallest absolute Gasteiger partial charge is 0.319 e. The molecule has 0 radical (unpaired) electrons. The Labute approximate surface area is 113 Å². The molecule has 0 unspecified atom stereocenters. The number of hydrogen-bond acceptors (Lipinski definition) is 1. The van der Waals surface area contributed by atoms with Gasteiger partial charge in [-0.1, -0.05) is 20.8 Å². The summed E-state index contributed by atoms with van der Waals surface area (Å²) in [7, 11) is 5.59. The molecule has 18 heavy (non-hydrogen) atoms. The highest BCUT2D eigenvalue weighted by Crippen LogP contribution is 2.35. The molecule has 0 aromatic rings. The second-order valence-corrected chi connectivity index (χ2v) is 7.23. The molecule has 1 fully saturated rings. The van der Waals surface area contributed by atoms with Crippen molar-refractivity contribution in [1.29, 1.82) is 0 Å². The Morgan fingerprint density at radius 1 is 1.06 bits per heavy atom. The van der Waals surface area contributed by atoms with E-state index in [0.717, 1.165) is 18.8 Å². The Bertz CT molecular complexity index is 273. The summed E-state index contributed by atoms with van der Waals surface area (Å²) in [6.07, 6.45) is 6.18. The number of hydrogen-bond donors (Lipinski definition) is 0. The third-order valence-corrected chi connectivity index (χ3v) is 3.95. The molecule has 3 heteroatoms. The van der Waals surface area contributed by atoms with Crippen LogP contribution in [0, 0.1) is 11.3 Å². The van der Waals surface area contributed by atoms with Crippen LogP contribution in [-0.4, -0.2) is 43.0 Å². The van der Waals surface area contributed by atoms with Gasteiger partial charge in [-0.2, -0.15) is 0 Å². The fourth-order valence-electron chi connectivity index (χ4n) is 3.07. The minimum atomic E-state index is 0.134. The van der Waals surface area contributed by atoms with E-state index in [-0.39, 0.29) is 6.03 Å². The van der Waals surface area contributed by atoms with Crippen LogP contribution in [0.4, 0.5) is 4.79 Å². The molecule has 0 aromatic heterocycles. The second-order valence-electron chi connectivity index (χ2n) is 7.23. The number of nitrogens with zero attached hydrogens (tertiary/aromatic N) is 2. The topological polar surface area (TPSA) is 23.6 Å². The lowest BCUT2D eigenvalue weighted by Crippen LogP contribution is -2.44. The number of amides is 2. The molecule has 106 valence electrons. The monoisotopic (exact) mass is 254 g/mol. The summed E-state index contributed by atoms with van der Waals surface area (Å²) in [5, 5.41) is 0. The Morgan fingerprint density at radius 2 is 1.56 bits per heavy atom. The number of carbonyl (C=O) groups is 1. The van der Waals surface area contributed by atoms with Gasteiger partial charge in [-0.05, 0) is 43.4 Å². The van der Waals surface area contributed by atoms with Crippen LogP contribution in [0.2, 0.25) is 0 Å². The molecule has 0 heterocycles. The third kappa shape index (κ3) is 4.51. The van der Waals surface area contributed by atoms with E-state index in [1.165, 1.54) is 19.3 Å². The molecular weight excluding hydrogens is 224 g/mol. The summed E-state index contributed by atoms with van der Waals surface area (Å²) in [5.74, 6) is 0.851. The van der Waals surface area contributed by atoms with Gasteiger partial charge in [-0.25, -0.2) is 4.79 Å². The van der Waals surface area contributed by atoms with Crippen LogP contribution in [0.3, 0.4) is 0 Å². The average molecular weight is 254 g/mol. The van der Waals surface area contributed by atoms with Crippen LogP contribution >= 0.6 is 0 Å². The minimum Gasteiger partial charge on any atom is -0.331 e. The molecule has 0 aromatic carbocycles. The van der Waals surface area contributed by atoms with E-state index in [9.17, 15) is 4.79 Å². The predicted octanol–water partition coefficient (Wildman–Crippen LogP) is 3.59. The second kappa shape index (κ2) is 5.94. The summed E-state index contributed by atoms with van der Waals surface area (Å²) in [4.78, 5) is 15.5. The summed E-state index contributed by atoms with van der Waals surface area (Å²) >= 11 is 0. The lowest BCUT2D eigenvalue weighted by molar-refractivity contribution is 0.131. The Hall–Kier alpha value is -0.730. The summed E-state index contributed by atoms with van der Waals surface area (Å²) in [5.41, 5.74) is 0.433. The number of urea groups is 1. The Morgan fingerprint density at radius 3 is 1.94 bits per heavy atom. The molecule has 0 atom stereocenters. The first-order valence-electron chi connectivity index (χ1n) is 7.15. The maximum Gasteiger partial charge on any atom is 0.319 e. The first-order valence-corrected chi connectivity index (χ1v) is 7.15. The molecule has 0 N–H and O–H groups in total. The minimum absolute atomic E-state index is 0.134. The fourth-order valence-corrected chi connectivity index (χ4v) is 3.07. The molecule has 1 aliphatic carbocycles. The van der Waals surface area contributed by atoms with Crippen LogP contribution < -0.4 is 0 Å².